The van der Waals surface area contributed by atoms with Crippen molar-refractivity contribution in [2.24, 2.45) is 5.73 Å². The molecule has 5 nitrogen and oxygen atoms in total. The zero-order valence-electron chi connectivity index (χ0n) is 9.31. The summed E-state index contributed by atoms with van der Waals surface area (Å²) in [7, 11) is 0. The van der Waals surface area contributed by atoms with Gasteiger partial charge in [0, 0.05) is 18.7 Å². The minimum atomic E-state index is -0.148. The Morgan fingerprint density at radius 2 is 2.18 bits per heavy atom. The second-order valence-electron chi connectivity index (χ2n) is 3.49. The zero-order chi connectivity index (χ0) is 12.1. The Hall–Kier alpha value is -2.01. The van der Waals surface area contributed by atoms with Gasteiger partial charge in [-0.2, -0.15) is 0 Å². The third-order valence-corrected chi connectivity index (χ3v) is 2.32. The minimum absolute atomic E-state index is 0.148. The summed E-state index contributed by atoms with van der Waals surface area (Å²) in [6.07, 6.45) is 3.60. The molecule has 17 heavy (non-hydrogen) atoms. The van der Waals surface area contributed by atoms with Crippen LogP contribution in [0.1, 0.15) is 10.4 Å². The van der Waals surface area contributed by atoms with E-state index in [1.165, 1.54) is 0 Å². The second-order valence-corrected chi connectivity index (χ2v) is 3.49. The van der Waals surface area contributed by atoms with Crippen LogP contribution in [0.2, 0.25) is 0 Å². The maximum Gasteiger partial charge on any atom is 0.251 e. The summed E-state index contributed by atoms with van der Waals surface area (Å²) in [4.78, 5) is 11.7. The number of carbonyl (C=O) groups excluding carboxylic acids is 1. The molecule has 0 unspecified atom stereocenters. The molecule has 0 aromatic heterocycles. The first kappa shape index (κ1) is 11.5. The number of benzene rings is 1. The van der Waals surface area contributed by atoms with E-state index < -0.39 is 0 Å². The predicted octanol–water partition coefficient (Wildman–Crippen LogP) is 0.660. The Morgan fingerprint density at radius 3 is 3.00 bits per heavy atom. The van der Waals surface area contributed by atoms with Gasteiger partial charge in [0.25, 0.3) is 5.91 Å². The van der Waals surface area contributed by atoms with Gasteiger partial charge in [0.2, 0.25) is 6.79 Å². The number of fused-ring (bicyclic) bond motifs is 1. The topological polar surface area (TPSA) is 73.6 Å². The summed E-state index contributed by atoms with van der Waals surface area (Å²) in [6, 6.07) is 5.10. The third-order valence-electron chi connectivity index (χ3n) is 2.32. The Kier molecular flexibility index (Phi) is 3.62. The Balaban J connectivity index is 1.97. The second kappa shape index (κ2) is 5.36. The number of nitrogens with two attached hydrogens (primary N) is 1. The lowest BCUT2D eigenvalue weighted by Crippen LogP contribution is -2.23. The fraction of sp³-hybridized carbons (Fsp3) is 0.250. The molecule has 5 heteroatoms. The molecule has 0 saturated carbocycles. The Bertz CT molecular complexity index is 443. The van der Waals surface area contributed by atoms with E-state index in [1.54, 1.807) is 24.3 Å². The first-order valence-electron chi connectivity index (χ1n) is 5.34. The molecule has 1 aromatic carbocycles. The van der Waals surface area contributed by atoms with Crippen LogP contribution in [0.25, 0.3) is 0 Å². The van der Waals surface area contributed by atoms with Crippen LogP contribution in [-0.4, -0.2) is 25.8 Å². The van der Waals surface area contributed by atoms with Crippen LogP contribution in [0.15, 0.2) is 30.4 Å². The van der Waals surface area contributed by atoms with Crippen LogP contribution in [0.3, 0.4) is 0 Å². The highest BCUT2D eigenvalue weighted by Crippen LogP contribution is 2.32. The van der Waals surface area contributed by atoms with Crippen molar-refractivity contribution in [1.29, 1.82) is 0 Å². The fourth-order valence-electron chi connectivity index (χ4n) is 1.47. The maximum absolute atomic E-state index is 11.7. The Labute approximate surface area is 99.2 Å². The molecule has 1 aliphatic rings. The van der Waals surface area contributed by atoms with Crippen molar-refractivity contribution in [3.63, 3.8) is 0 Å². The molecule has 0 spiro atoms. The molecule has 1 heterocycles. The molecule has 1 amide bonds. The molecule has 0 atom stereocenters. The fourth-order valence-corrected chi connectivity index (χ4v) is 1.47. The summed E-state index contributed by atoms with van der Waals surface area (Å²) >= 11 is 0. The van der Waals surface area contributed by atoms with E-state index in [4.69, 9.17) is 15.2 Å². The maximum atomic E-state index is 11.7. The van der Waals surface area contributed by atoms with E-state index in [9.17, 15) is 4.79 Å². The number of hydrogen-bond acceptors (Lipinski definition) is 4. The van der Waals surface area contributed by atoms with Crippen LogP contribution < -0.4 is 20.5 Å². The quantitative estimate of drug-likeness (QED) is 0.750. The molecule has 3 N–H and O–H groups in total. The van der Waals surface area contributed by atoms with Crippen molar-refractivity contribution in [3.05, 3.63) is 35.9 Å². The normalized spacial score (nSPS) is 13.0. The van der Waals surface area contributed by atoms with Crippen molar-refractivity contribution >= 4 is 5.91 Å². The molecule has 1 aromatic rings. The van der Waals surface area contributed by atoms with Gasteiger partial charge in [-0.05, 0) is 18.2 Å². The van der Waals surface area contributed by atoms with Gasteiger partial charge in [-0.1, -0.05) is 12.2 Å². The smallest absolute Gasteiger partial charge is 0.251 e. The number of nitrogens with one attached hydrogen (secondary N) is 1. The van der Waals surface area contributed by atoms with Crippen molar-refractivity contribution in [2.75, 3.05) is 19.9 Å². The van der Waals surface area contributed by atoms with Crippen LogP contribution >= 0.6 is 0 Å². The molecule has 1 aliphatic heterocycles. The average molecular weight is 234 g/mol. The SMILES string of the molecule is NC/C=C/CNC(=O)c1ccc2c(c1)OCO2. The van der Waals surface area contributed by atoms with E-state index in [0.29, 0.717) is 30.2 Å². The lowest BCUT2D eigenvalue weighted by molar-refractivity contribution is 0.0957. The summed E-state index contributed by atoms with van der Waals surface area (Å²) in [5.41, 5.74) is 5.84. The number of hydrogen-bond donors (Lipinski definition) is 2. The number of amides is 1. The zero-order valence-corrected chi connectivity index (χ0v) is 9.31. The largest absolute Gasteiger partial charge is 0.454 e. The summed E-state index contributed by atoms with van der Waals surface area (Å²) in [5.74, 6) is 1.13. The standard InChI is InChI=1S/C12H14N2O3/c13-5-1-2-6-14-12(15)9-3-4-10-11(7-9)17-8-16-10/h1-4,7H,5-6,8,13H2,(H,14,15)/b2-1+. The third kappa shape index (κ3) is 2.76. The lowest BCUT2D eigenvalue weighted by Gasteiger charge is -2.03. The number of carbonyl (C=O) groups is 1. The van der Waals surface area contributed by atoms with Gasteiger partial charge in [0.1, 0.15) is 0 Å². The molecular formula is C12H14N2O3. The van der Waals surface area contributed by atoms with Crippen molar-refractivity contribution in [1.82, 2.24) is 5.32 Å². The summed E-state index contributed by atoms with van der Waals surface area (Å²) in [5, 5.41) is 2.75. The monoisotopic (exact) mass is 234 g/mol. The molecule has 0 saturated heterocycles. The first-order valence-corrected chi connectivity index (χ1v) is 5.34. The summed E-state index contributed by atoms with van der Waals surface area (Å²) < 4.78 is 10.4. The number of rotatable bonds is 4. The van der Waals surface area contributed by atoms with Gasteiger partial charge in [-0.25, -0.2) is 0 Å². The molecule has 0 radical (unpaired) electrons. The van der Waals surface area contributed by atoms with Crippen molar-refractivity contribution in [3.8, 4) is 11.5 Å². The van der Waals surface area contributed by atoms with E-state index in [2.05, 4.69) is 5.32 Å². The molecular weight excluding hydrogens is 220 g/mol. The van der Waals surface area contributed by atoms with Crippen LogP contribution in [0.5, 0.6) is 11.5 Å². The molecule has 0 bridgehead atoms. The van der Waals surface area contributed by atoms with E-state index in [0.717, 1.165) is 0 Å². The molecule has 0 aliphatic carbocycles. The molecule has 0 fully saturated rings. The first-order chi connectivity index (χ1) is 8.31. The lowest BCUT2D eigenvalue weighted by atomic mass is 10.2. The van der Waals surface area contributed by atoms with E-state index in [1.807, 2.05) is 6.08 Å². The van der Waals surface area contributed by atoms with Gasteiger partial charge in [-0.3, -0.25) is 4.79 Å². The molecule has 90 valence electrons. The van der Waals surface area contributed by atoms with Crippen molar-refractivity contribution < 1.29 is 14.3 Å². The highest BCUT2D eigenvalue weighted by molar-refractivity contribution is 5.95. The molecule has 2 rings (SSSR count). The van der Waals surface area contributed by atoms with Gasteiger partial charge in [0.05, 0.1) is 0 Å². The van der Waals surface area contributed by atoms with Crippen LogP contribution in [-0.2, 0) is 0 Å². The highest BCUT2D eigenvalue weighted by Gasteiger charge is 2.15. The minimum Gasteiger partial charge on any atom is -0.454 e. The average Bonchev–Trinajstić information content (AvgIpc) is 2.81. The van der Waals surface area contributed by atoms with E-state index >= 15 is 0 Å². The van der Waals surface area contributed by atoms with Gasteiger partial charge >= 0.3 is 0 Å². The van der Waals surface area contributed by atoms with Gasteiger partial charge in [0.15, 0.2) is 11.5 Å². The van der Waals surface area contributed by atoms with Crippen LogP contribution in [0, 0.1) is 0 Å². The van der Waals surface area contributed by atoms with E-state index in [-0.39, 0.29) is 12.7 Å². The van der Waals surface area contributed by atoms with Crippen LogP contribution in [0.4, 0.5) is 0 Å². The van der Waals surface area contributed by atoms with Gasteiger partial charge in [-0.15, -0.1) is 0 Å². The number of ether oxygens (including phenoxy) is 2. The highest BCUT2D eigenvalue weighted by atomic mass is 16.7. The summed E-state index contributed by atoms with van der Waals surface area (Å²) in [6.45, 7) is 1.14. The predicted molar refractivity (Wildman–Crippen MR) is 63.1 cm³/mol. The van der Waals surface area contributed by atoms with Gasteiger partial charge < -0.3 is 20.5 Å². The van der Waals surface area contributed by atoms with Crippen molar-refractivity contribution in [2.45, 2.75) is 0 Å². The Morgan fingerprint density at radius 1 is 1.35 bits per heavy atom.